The van der Waals surface area contributed by atoms with Gasteiger partial charge in [0.1, 0.15) is 0 Å². The Balaban J connectivity index is 1.84. The highest BCUT2D eigenvalue weighted by atomic mass is 15.4. The first-order chi connectivity index (χ1) is 7.88. The van der Waals surface area contributed by atoms with Gasteiger partial charge in [0.15, 0.2) is 0 Å². The Bertz CT molecular complexity index is 365. The molecule has 2 aliphatic rings. The molecule has 1 unspecified atom stereocenters. The zero-order valence-electron chi connectivity index (χ0n) is 9.73. The monoisotopic (exact) mass is 220 g/mol. The molecule has 1 fully saturated rings. The summed E-state index contributed by atoms with van der Waals surface area (Å²) < 4.78 is 2.22. The number of fused-ring (bicyclic) bond motifs is 1. The van der Waals surface area contributed by atoms with Crippen LogP contribution in [-0.2, 0) is 12.8 Å². The van der Waals surface area contributed by atoms with Crippen molar-refractivity contribution in [3.8, 4) is 0 Å². The molecule has 4 heteroatoms. The average Bonchev–Trinajstić information content (AvgIpc) is 2.96. The lowest BCUT2D eigenvalue weighted by atomic mass is 9.89. The fourth-order valence-corrected chi connectivity index (χ4v) is 3.12. The van der Waals surface area contributed by atoms with Crippen molar-refractivity contribution >= 4 is 0 Å². The van der Waals surface area contributed by atoms with Crippen molar-refractivity contribution < 1.29 is 0 Å². The molecule has 1 saturated carbocycles. The molecular weight excluding hydrogens is 200 g/mol. The average molecular weight is 220 g/mol. The first-order valence-corrected chi connectivity index (χ1v) is 6.51. The van der Waals surface area contributed by atoms with Crippen LogP contribution in [0.25, 0.3) is 0 Å². The van der Waals surface area contributed by atoms with Crippen molar-refractivity contribution in [2.45, 2.75) is 51.0 Å². The van der Waals surface area contributed by atoms with Crippen molar-refractivity contribution in [1.82, 2.24) is 15.0 Å². The van der Waals surface area contributed by atoms with Crippen LogP contribution in [0.5, 0.6) is 0 Å². The first-order valence-electron chi connectivity index (χ1n) is 6.51. The fraction of sp³-hybridized carbons (Fsp3) is 0.833. The van der Waals surface area contributed by atoms with Gasteiger partial charge in [0.2, 0.25) is 0 Å². The molecule has 2 aliphatic carbocycles. The minimum absolute atomic E-state index is 0.626. The summed E-state index contributed by atoms with van der Waals surface area (Å²) in [6.07, 6.45) is 8.66. The maximum atomic E-state index is 5.73. The van der Waals surface area contributed by atoms with Gasteiger partial charge in [-0.2, -0.15) is 0 Å². The topological polar surface area (TPSA) is 56.7 Å². The number of hydrogen-bond acceptors (Lipinski definition) is 3. The Morgan fingerprint density at radius 1 is 1.25 bits per heavy atom. The van der Waals surface area contributed by atoms with Gasteiger partial charge < -0.3 is 5.73 Å². The number of rotatable bonds is 2. The van der Waals surface area contributed by atoms with Gasteiger partial charge in [0.05, 0.1) is 17.4 Å². The van der Waals surface area contributed by atoms with Gasteiger partial charge >= 0.3 is 0 Å². The van der Waals surface area contributed by atoms with E-state index in [-0.39, 0.29) is 0 Å². The van der Waals surface area contributed by atoms with E-state index < -0.39 is 0 Å². The Hall–Kier alpha value is -0.900. The Morgan fingerprint density at radius 2 is 2.06 bits per heavy atom. The molecule has 0 saturated heterocycles. The number of aromatic nitrogens is 3. The van der Waals surface area contributed by atoms with Crippen LogP contribution in [-0.4, -0.2) is 21.5 Å². The maximum absolute atomic E-state index is 5.73. The lowest BCUT2D eigenvalue weighted by Gasteiger charge is -2.21. The molecule has 1 aromatic heterocycles. The van der Waals surface area contributed by atoms with Crippen molar-refractivity contribution in [2.75, 3.05) is 6.54 Å². The molecule has 16 heavy (non-hydrogen) atoms. The molecule has 0 bridgehead atoms. The Labute approximate surface area is 96.2 Å². The van der Waals surface area contributed by atoms with Gasteiger partial charge in [0.25, 0.3) is 0 Å². The summed E-state index contributed by atoms with van der Waals surface area (Å²) in [5.74, 6) is 0.626. The summed E-state index contributed by atoms with van der Waals surface area (Å²) in [4.78, 5) is 0. The zero-order chi connectivity index (χ0) is 11.0. The molecule has 1 atom stereocenters. The van der Waals surface area contributed by atoms with Crippen molar-refractivity contribution in [1.29, 1.82) is 0 Å². The zero-order valence-corrected chi connectivity index (χ0v) is 9.73. The molecule has 0 aliphatic heterocycles. The van der Waals surface area contributed by atoms with Crippen LogP contribution >= 0.6 is 0 Å². The summed E-state index contributed by atoms with van der Waals surface area (Å²) in [5.41, 5.74) is 8.35. The SMILES string of the molecule is NCC1CCc2c(nnn2C2CCCC2)C1. The van der Waals surface area contributed by atoms with E-state index in [0.29, 0.717) is 12.0 Å². The lowest BCUT2D eigenvalue weighted by molar-refractivity contribution is 0.412. The largest absolute Gasteiger partial charge is 0.330 e. The van der Waals surface area contributed by atoms with Gasteiger partial charge in [-0.1, -0.05) is 18.1 Å². The molecule has 4 nitrogen and oxygen atoms in total. The molecule has 1 aromatic rings. The molecule has 0 aromatic carbocycles. The Morgan fingerprint density at radius 3 is 2.81 bits per heavy atom. The van der Waals surface area contributed by atoms with E-state index in [9.17, 15) is 0 Å². The van der Waals surface area contributed by atoms with Crippen molar-refractivity contribution in [3.05, 3.63) is 11.4 Å². The van der Waals surface area contributed by atoms with E-state index in [2.05, 4.69) is 15.0 Å². The first kappa shape index (κ1) is 10.3. The molecule has 3 rings (SSSR count). The van der Waals surface area contributed by atoms with E-state index in [4.69, 9.17) is 5.73 Å². The van der Waals surface area contributed by atoms with E-state index in [1.807, 2.05) is 0 Å². The van der Waals surface area contributed by atoms with Crippen LogP contribution in [0, 0.1) is 5.92 Å². The van der Waals surface area contributed by atoms with Crippen LogP contribution in [0.4, 0.5) is 0 Å². The fourth-order valence-electron chi connectivity index (χ4n) is 3.12. The normalized spacial score (nSPS) is 25.9. The second-order valence-corrected chi connectivity index (χ2v) is 5.21. The molecule has 0 spiro atoms. The van der Waals surface area contributed by atoms with Crippen LogP contribution in [0.15, 0.2) is 0 Å². The standard InChI is InChI=1S/C12H20N4/c13-8-9-5-6-12-11(7-9)14-15-16(12)10-3-1-2-4-10/h9-10H,1-8,13H2. The second-order valence-electron chi connectivity index (χ2n) is 5.21. The van der Waals surface area contributed by atoms with Gasteiger partial charge in [-0.25, -0.2) is 4.68 Å². The van der Waals surface area contributed by atoms with Crippen molar-refractivity contribution in [3.63, 3.8) is 0 Å². The lowest BCUT2D eigenvalue weighted by Crippen LogP contribution is -2.23. The van der Waals surface area contributed by atoms with Crippen LogP contribution < -0.4 is 5.73 Å². The van der Waals surface area contributed by atoms with E-state index in [0.717, 1.165) is 19.4 Å². The van der Waals surface area contributed by atoms with Gasteiger partial charge in [0, 0.05) is 0 Å². The third-order valence-corrected chi connectivity index (χ3v) is 4.15. The third kappa shape index (κ3) is 1.65. The van der Waals surface area contributed by atoms with Gasteiger partial charge in [-0.05, 0) is 44.6 Å². The highest BCUT2D eigenvalue weighted by molar-refractivity contribution is 5.15. The molecule has 2 N–H and O–H groups in total. The highest BCUT2D eigenvalue weighted by Crippen LogP contribution is 2.32. The third-order valence-electron chi connectivity index (χ3n) is 4.15. The summed E-state index contributed by atoms with van der Waals surface area (Å²) in [6, 6.07) is 0.630. The summed E-state index contributed by atoms with van der Waals surface area (Å²) in [7, 11) is 0. The number of nitrogens with two attached hydrogens (primary N) is 1. The van der Waals surface area contributed by atoms with Gasteiger partial charge in [-0.15, -0.1) is 5.10 Å². The van der Waals surface area contributed by atoms with Crippen LogP contribution in [0.3, 0.4) is 0 Å². The molecule has 1 heterocycles. The number of nitrogens with zero attached hydrogens (tertiary/aromatic N) is 3. The molecule has 0 radical (unpaired) electrons. The summed E-state index contributed by atoms with van der Waals surface area (Å²) in [6.45, 7) is 0.787. The smallest absolute Gasteiger partial charge is 0.0862 e. The minimum atomic E-state index is 0.626. The highest BCUT2D eigenvalue weighted by Gasteiger charge is 2.27. The predicted octanol–water partition coefficient (Wildman–Crippen LogP) is 1.46. The van der Waals surface area contributed by atoms with E-state index >= 15 is 0 Å². The minimum Gasteiger partial charge on any atom is -0.330 e. The molecule has 88 valence electrons. The van der Waals surface area contributed by atoms with E-state index in [1.165, 1.54) is 43.5 Å². The summed E-state index contributed by atoms with van der Waals surface area (Å²) >= 11 is 0. The second kappa shape index (κ2) is 4.17. The molecular formula is C12H20N4. The number of hydrogen-bond donors (Lipinski definition) is 1. The predicted molar refractivity (Wildman–Crippen MR) is 62.1 cm³/mol. The van der Waals surface area contributed by atoms with Gasteiger partial charge in [-0.3, -0.25) is 0 Å². The Kier molecular flexibility index (Phi) is 2.67. The van der Waals surface area contributed by atoms with Crippen LogP contribution in [0.2, 0.25) is 0 Å². The summed E-state index contributed by atoms with van der Waals surface area (Å²) in [5, 5.41) is 8.73. The van der Waals surface area contributed by atoms with Crippen LogP contribution in [0.1, 0.15) is 49.5 Å². The van der Waals surface area contributed by atoms with E-state index in [1.54, 1.807) is 0 Å². The maximum Gasteiger partial charge on any atom is 0.0862 e. The molecule has 0 amide bonds. The van der Waals surface area contributed by atoms with Crippen molar-refractivity contribution in [2.24, 2.45) is 11.7 Å². The quantitative estimate of drug-likeness (QED) is 0.821.